The number of carbonyl (C=O) groups excluding carboxylic acids is 3. The molecule has 0 atom stereocenters. The summed E-state index contributed by atoms with van der Waals surface area (Å²) in [6, 6.07) is 13.1. The van der Waals surface area contributed by atoms with Crippen LogP contribution in [0.2, 0.25) is 0 Å². The van der Waals surface area contributed by atoms with Crippen molar-refractivity contribution in [1.82, 2.24) is 10.2 Å². The second-order valence-electron chi connectivity index (χ2n) is 6.47. The topological polar surface area (TPSA) is 131 Å². The third-order valence-electron chi connectivity index (χ3n) is 4.03. The van der Waals surface area contributed by atoms with E-state index in [1.54, 1.807) is 14.1 Å². The van der Waals surface area contributed by atoms with E-state index in [1.165, 1.54) is 17.0 Å². The molecule has 0 aromatic heterocycles. The van der Waals surface area contributed by atoms with Gasteiger partial charge in [-0.25, -0.2) is 4.79 Å². The molecule has 0 spiro atoms. The molecule has 2 aromatic rings. The van der Waals surface area contributed by atoms with Crippen molar-refractivity contribution < 1.29 is 24.0 Å². The van der Waals surface area contributed by atoms with Gasteiger partial charge in [-0.05, 0) is 11.6 Å². The molecule has 2 aromatic carbocycles. The standard InChI is InChI=1S/C20H22N4O6/c1-23(2)19(26)12-22-18(25)13-30-20(27)16-10-15(24(28)29)8-9-17(16)21-11-14-6-4-3-5-7-14/h3-10,21H,11-13H2,1-2H3,(H,22,25). The van der Waals surface area contributed by atoms with Crippen LogP contribution in [0, 0.1) is 10.1 Å². The molecule has 0 radical (unpaired) electrons. The Hall–Kier alpha value is -3.95. The zero-order valence-electron chi connectivity index (χ0n) is 16.6. The van der Waals surface area contributed by atoms with E-state index in [1.807, 2.05) is 30.3 Å². The Labute approximate surface area is 173 Å². The van der Waals surface area contributed by atoms with Crippen LogP contribution in [0.15, 0.2) is 48.5 Å². The van der Waals surface area contributed by atoms with E-state index >= 15 is 0 Å². The van der Waals surface area contributed by atoms with Crippen molar-refractivity contribution in [2.45, 2.75) is 6.54 Å². The van der Waals surface area contributed by atoms with Crippen LogP contribution in [0.3, 0.4) is 0 Å². The summed E-state index contributed by atoms with van der Waals surface area (Å²) >= 11 is 0. The zero-order valence-corrected chi connectivity index (χ0v) is 16.6. The third-order valence-corrected chi connectivity index (χ3v) is 4.03. The fourth-order valence-corrected chi connectivity index (χ4v) is 2.35. The van der Waals surface area contributed by atoms with Gasteiger partial charge in [0.15, 0.2) is 6.61 Å². The van der Waals surface area contributed by atoms with Crippen LogP contribution in [0.1, 0.15) is 15.9 Å². The van der Waals surface area contributed by atoms with E-state index in [4.69, 9.17) is 4.74 Å². The number of nitrogens with zero attached hydrogens (tertiary/aromatic N) is 2. The lowest BCUT2D eigenvalue weighted by Crippen LogP contribution is -2.38. The number of benzene rings is 2. The number of nitro groups is 1. The smallest absolute Gasteiger partial charge is 0.341 e. The average molecular weight is 414 g/mol. The normalized spacial score (nSPS) is 10.1. The van der Waals surface area contributed by atoms with Gasteiger partial charge in [0.25, 0.3) is 11.6 Å². The quantitative estimate of drug-likeness (QED) is 0.362. The van der Waals surface area contributed by atoms with Gasteiger partial charge in [-0.2, -0.15) is 0 Å². The summed E-state index contributed by atoms with van der Waals surface area (Å²) in [6.07, 6.45) is 0. The highest BCUT2D eigenvalue weighted by atomic mass is 16.6. The van der Waals surface area contributed by atoms with E-state index < -0.39 is 23.4 Å². The molecule has 2 amide bonds. The number of likely N-dealkylation sites (N-methyl/N-ethyl adjacent to an activating group) is 1. The molecule has 0 saturated heterocycles. The molecule has 0 unspecified atom stereocenters. The molecular weight excluding hydrogens is 392 g/mol. The van der Waals surface area contributed by atoms with Crippen molar-refractivity contribution in [2.24, 2.45) is 0 Å². The Balaban J connectivity index is 2.05. The fourth-order valence-electron chi connectivity index (χ4n) is 2.35. The van der Waals surface area contributed by atoms with Gasteiger partial charge in [-0.1, -0.05) is 30.3 Å². The molecule has 0 saturated carbocycles. The first-order valence-corrected chi connectivity index (χ1v) is 8.98. The number of rotatable bonds is 9. The van der Waals surface area contributed by atoms with Crippen molar-refractivity contribution in [1.29, 1.82) is 0 Å². The molecule has 0 bridgehead atoms. The summed E-state index contributed by atoms with van der Waals surface area (Å²) in [6.45, 7) is -0.476. The van der Waals surface area contributed by atoms with Crippen LogP contribution in [0.4, 0.5) is 11.4 Å². The fraction of sp³-hybridized carbons (Fsp3) is 0.250. The molecule has 10 heteroatoms. The largest absolute Gasteiger partial charge is 0.452 e. The number of carbonyl (C=O) groups is 3. The molecule has 2 N–H and O–H groups in total. The van der Waals surface area contributed by atoms with Crippen LogP contribution in [-0.4, -0.2) is 54.9 Å². The summed E-state index contributed by atoms with van der Waals surface area (Å²) in [4.78, 5) is 47.5. The zero-order chi connectivity index (χ0) is 22.1. The minimum atomic E-state index is -0.900. The van der Waals surface area contributed by atoms with E-state index in [0.29, 0.717) is 12.2 Å². The van der Waals surface area contributed by atoms with E-state index in [-0.39, 0.29) is 23.7 Å². The van der Waals surface area contributed by atoms with E-state index in [9.17, 15) is 24.5 Å². The summed E-state index contributed by atoms with van der Waals surface area (Å²) in [5.74, 6) is -1.88. The van der Waals surface area contributed by atoms with E-state index in [2.05, 4.69) is 10.6 Å². The van der Waals surface area contributed by atoms with Gasteiger partial charge < -0.3 is 20.3 Å². The van der Waals surface area contributed by atoms with Crippen LogP contribution < -0.4 is 10.6 Å². The first-order chi connectivity index (χ1) is 14.3. The Morgan fingerprint density at radius 1 is 1.10 bits per heavy atom. The number of hydrogen-bond donors (Lipinski definition) is 2. The Morgan fingerprint density at radius 3 is 2.43 bits per heavy atom. The van der Waals surface area contributed by atoms with Crippen LogP contribution in [0.25, 0.3) is 0 Å². The maximum atomic E-state index is 12.5. The van der Waals surface area contributed by atoms with Gasteiger partial charge in [0.2, 0.25) is 5.91 Å². The second kappa shape index (κ2) is 10.6. The molecule has 0 aliphatic heterocycles. The van der Waals surface area contributed by atoms with Gasteiger partial charge in [-0.3, -0.25) is 19.7 Å². The summed E-state index contributed by atoms with van der Waals surface area (Å²) < 4.78 is 4.97. The van der Waals surface area contributed by atoms with Gasteiger partial charge in [0.1, 0.15) is 0 Å². The Morgan fingerprint density at radius 2 is 1.80 bits per heavy atom. The monoisotopic (exact) mass is 414 g/mol. The van der Waals surface area contributed by atoms with Crippen molar-refractivity contribution in [3.63, 3.8) is 0 Å². The number of non-ortho nitro benzene ring substituents is 1. The highest BCUT2D eigenvalue weighted by molar-refractivity contribution is 5.97. The van der Waals surface area contributed by atoms with Gasteiger partial charge in [0.05, 0.1) is 17.0 Å². The predicted octanol–water partition coefficient (Wildman–Crippen LogP) is 1.57. The number of ether oxygens (including phenoxy) is 1. The summed E-state index contributed by atoms with van der Waals surface area (Å²) in [7, 11) is 3.08. The first kappa shape index (κ1) is 22.3. The molecule has 158 valence electrons. The molecule has 0 aliphatic rings. The minimum absolute atomic E-state index is 0.0719. The highest BCUT2D eigenvalue weighted by Gasteiger charge is 2.19. The average Bonchev–Trinajstić information content (AvgIpc) is 2.74. The summed E-state index contributed by atoms with van der Waals surface area (Å²) in [5, 5.41) is 16.4. The van der Waals surface area contributed by atoms with Crippen molar-refractivity contribution in [3.05, 3.63) is 69.8 Å². The van der Waals surface area contributed by atoms with Crippen LogP contribution in [-0.2, 0) is 20.9 Å². The van der Waals surface area contributed by atoms with Crippen LogP contribution >= 0.6 is 0 Å². The molecule has 0 fully saturated rings. The second-order valence-corrected chi connectivity index (χ2v) is 6.47. The maximum Gasteiger partial charge on any atom is 0.341 e. The SMILES string of the molecule is CN(C)C(=O)CNC(=O)COC(=O)c1cc([N+](=O)[O-])ccc1NCc1ccccc1. The predicted molar refractivity (Wildman–Crippen MR) is 109 cm³/mol. The molecule has 10 nitrogen and oxygen atoms in total. The summed E-state index contributed by atoms with van der Waals surface area (Å²) in [5.41, 5.74) is 0.920. The van der Waals surface area contributed by atoms with E-state index in [0.717, 1.165) is 11.6 Å². The number of nitro benzene ring substituents is 1. The molecule has 30 heavy (non-hydrogen) atoms. The highest BCUT2D eigenvalue weighted by Crippen LogP contribution is 2.23. The molecule has 0 heterocycles. The Bertz CT molecular complexity index is 930. The van der Waals surface area contributed by atoms with Crippen LogP contribution in [0.5, 0.6) is 0 Å². The lowest BCUT2D eigenvalue weighted by Gasteiger charge is -2.13. The molecule has 2 rings (SSSR count). The van der Waals surface area contributed by atoms with Gasteiger partial charge in [0, 0.05) is 38.5 Å². The number of amides is 2. The van der Waals surface area contributed by atoms with Gasteiger partial charge >= 0.3 is 5.97 Å². The number of anilines is 1. The van der Waals surface area contributed by atoms with Gasteiger partial charge in [-0.15, -0.1) is 0 Å². The number of nitrogens with one attached hydrogen (secondary N) is 2. The molecule has 0 aliphatic carbocycles. The van der Waals surface area contributed by atoms with Crippen molar-refractivity contribution >= 4 is 29.2 Å². The molecular formula is C20H22N4O6. The first-order valence-electron chi connectivity index (χ1n) is 8.98. The Kier molecular flexibility index (Phi) is 7.86. The third kappa shape index (κ3) is 6.59. The number of hydrogen-bond acceptors (Lipinski definition) is 7. The maximum absolute atomic E-state index is 12.5. The lowest BCUT2D eigenvalue weighted by atomic mass is 10.1. The minimum Gasteiger partial charge on any atom is -0.452 e. The number of esters is 1. The van der Waals surface area contributed by atoms with Crippen molar-refractivity contribution in [2.75, 3.05) is 32.6 Å². The lowest BCUT2D eigenvalue weighted by molar-refractivity contribution is -0.384. The van der Waals surface area contributed by atoms with Crippen molar-refractivity contribution in [3.8, 4) is 0 Å².